The van der Waals surface area contributed by atoms with Gasteiger partial charge in [-0.15, -0.1) is 11.3 Å². The first-order valence-electron chi connectivity index (χ1n) is 6.40. The zero-order valence-corrected chi connectivity index (χ0v) is 13.6. The Kier molecular flexibility index (Phi) is 5.37. The van der Waals surface area contributed by atoms with E-state index in [0.717, 1.165) is 21.5 Å². The van der Waals surface area contributed by atoms with Crippen LogP contribution in [-0.4, -0.2) is 37.0 Å². The van der Waals surface area contributed by atoms with Gasteiger partial charge in [0, 0.05) is 24.0 Å². The Balaban J connectivity index is 1.95. The zero-order valence-electron chi connectivity index (χ0n) is 11.2. The van der Waals surface area contributed by atoms with Gasteiger partial charge in [0.1, 0.15) is 0 Å². The monoisotopic (exact) mass is 357 g/mol. The Labute approximate surface area is 130 Å². The smallest absolute Gasteiger partial charge is 0.310 e. The Hall–Kier alpha value is -1.14. The van der Waals surface area contributed by atoms with Crippen molar-refractivity contribution >= 4 is 45.2 Å². The fourth-order valence-corrected chi connectivity index (χ4v) is 3.54. The third-order valence-corrected chi connectivity index (χ3v) is 4.84. The molecule has 0 spiro atoms. The fourth-order valence-electron chi connectivity index (χ4n) is 2.21. The van der Waals surface area contributed by atoms with E-state index in [1.54, 1.807) is 28.4 Å². The number of piperidine rings is 1. The standard InChI is InChI=1S/C14H16BrNO3S/c1-19-14(18)10-3-2-8-16(9-10)13(17)7-5-11-4-6-12(15)20-11/h4-7,10H,2-3,8-9H2,1H3/b7-5+. The van der Waals surface area contributed by atoms with Gasteiger partial charge in [0.2, 0.25) is 5.91 Å². The van der Waals surface area contributed by atoms with Crippen molar-refractivity contribution in [3.8, 4) is 0 Å². The second-order valence-corrected chi connectivity index (χ2v) is 7.12. The molecule has 1 fully saturated rings. The van der Waals surface area contributed by atoms with Crippen LogP contribution in [0.15, 0.2) is 22.0 Å². The summed E-state index contributed by atoms with van der Waals surface area (Å²) in [6.07, 6.45) is 5.00. The van der Waals surface area contributed by atoms with Gasteiger partial charge in [-0.05, 0) is 47.0 Å². The predicted octanol–water partition coefficient (Wildman–Crippen LogP) is 2.94. The number of ether oxygens (including phenoxy) is 1. The second kappa shape index (κ2) is 7.04. The molecule has 1 aromatic heterocycles. The number of nitrogens with zero attached hydrogens (tertiary/aromatic N) is 1. The van der Waals surface area contributed by atoms with Crippen LogP contribution < -0.4 is 0 Å². The summed E-state index contributed by atoms with van der Waals surface area (Å²) in [6.45, 7) is 1.15. The molecule has 1 aliphatic heterocycles. The molecule has 1 saturated heterocycles. The molecule has 1 atom stereocenters. The number of carbonyl (C=O) groups excluding carboxylic acids is 2. The van der Waals surface area contributed by atoms with Crippen molar-refractivity contribution in [3.05, 3.63) is 26.9 Å². The number of hydrogen-bond donors (Lipinski definition) is 0. The highest BCUT2D eigenvalue weighted by Gasteiger charge is 2.28. The number of esters is 1. The van der Waals surface area contributed by atoms with E-state index in [2.05, 4.69) is 15.9 Å². The van der Waals surface area contributed by atoms with Crippen LogP contribution in [0.25, 0.3) is 6.08 Å². The maximum Gasteiger partial charge on any atom is 0.310 e. The average molecular weight is 358 g/mol. The van der Waals surface area contributed by atoms with E-state index in [-0.39, 0.29) is 17.8 Å². The van der Waals surface area contributed by atoms with Gasteiger partial charge >= 0.3 is 5.97 Å². The molecule has 0 aliphatic carbocycles. The van der Waals surface area contributed by atoms with Crippen LogP contribution in [0, 0.1) is 5.92 Å². The zero-order chi connectivity index (χ0) is 14.5. The highest BCUT2D eigenvalue weighted by Crippen LogP contribution is 2.23. The van der Waals surface area contributed by atoms with Crippen LogP contribution in [0.2, 0.25) is 0 Å². The number of thiophene rings is 1. The molecule has 0 N–H and O–H groups in total. The molecule has 108 valence electrons. The van der Waals surface area contributed by atoms with Crippen LogP contribution in [0.4, 0.5) is 0 Å². The number of halogens is 1. The van der Waals surface area contributed by atoms with Crippen molar-refractivity contribution < 1.29 is 14.3 Å². The molecule has 4 nitrogen and oxygen atoms in total. The molecule has 2 heterocycles. The quantitative estimate of drug-likeness (QED) is 0.617. The van der Waals surface area contributed by atoms with E-state index >= 15 is 0 Å². The fraction of sp³-hybridized carbons (Fsp3) is 0.429. The molecule has 1 unspecified atom stereocenters. The van der Waals surface area contributed by atoms with Crippen molar-refractivity contribution in [1.82, 2.24) is 4.90 Å². The summed E-state index contributed by atoms with van der Waals surface area (Å²) >= 11 is 4.96. The number of amides is 1. The Morgan fingerprint density at radius 3 is 2.95 bits per heavy atom. The highest BCUT2D eigenvalue weighted by atomic mass is 79.9. The van der Waals surface area contributed by atoms with Gasteiger partial charge in [-0.3, -0.25) is 9.59 Å². The first kappa shape index (κ1) is 15.3. The summed E-state index contributed by atoms with van der Waals surface area (Å²) in [5.74, 6) is -0.473. The van der Waals surface area contributed by atoms with E-state index in [4.69, 9.17) is 4.74 Å². The lowest BCUT2D eigenvalue weighted by atomic mass is 9.98. The summed E-state index contributed by atoms with van der Waals surface area (Å²) < 4.78 is 5.79. The third-order valence-electron chi connectivity index (χ3n) is 3.25. The molecular weight excluding hydrogens is 342 g/mol. The molecule has 1 aliphatic rings. The molecule has 1 aromatic rings. The average Bonchev–Trinajstić information content (AvgIpc) is 2.89. The SMILES string of the molecule is COC(=O)C1CCCN(C(=O)/C=C/c2ccc(Br)s2)C1. The molecule has 1 amide bonds. The van der Waals surface area contributed by atoms with E-state index in [1.165, 1.54) is 7.11 Å². The van der Waals surface area contributed by atoms with E-state index in [9.17, 15) is 9.59 Å². The largest absolute Gasteiger partial charge is 0.469 e. The molecule has 0 aromatic carbocycles. The minimum absolute atomic E-state index is 0.0527. The maximum absolute atomic E-state index is 12.1. The van der Waals surface area contributed by atoms with E-state index in [1.807, 2.05) is 12.1 Å². The van der Waals surface area contributed by atoms with Crippen molar-refractivity contribution in [1.29, 1.82) is 0 Å². The minimum Gasteiger partial charge on any atom is -0.469 e. The number of hydrogen-bond acceptors (Lipinski definition) is 4. The van der Waals surface area contributed by atoms with Crippen molar-refractivity contribution in [3.63, 3.8) is 0 Å². The summed E-state index contributed by atoms with van der Waals surface area (Å²) in [5, 5.41) is 0. The van der Waals surface area contributed by atoms with Gasteiger partial charge in [0.05, 0.1) is 16.8 Å². The van der Waals surface area contributed by atoms with Gasteiger partial charge < -0.3 is 9.64 Å². The lowest BCUT2D eigenvalue weighted by Gasteiger charge is -2.30. The number of likely N-dealkylation sites (tertiary alicyclic amines) is 1. The van der Waals surface area contributed by atoms with Crippen LogP contribution in [-0.2, 0) is 14.3 Å². The first-order chi connectivity index (χ1) is 9.60. The lowest BCUT2D eigenvalue weighted by molar-refractivity contribution is -0.148. The minimum atomic E-state index is -0.228. The third kappa shape index (κ3) is 3.93. The maximum atomic E-state index is 12.1. The van der Waals surface area contributed by atoms with E-state index in [0.29, 0.717) is 13.1 Å². The van der Waals surface area contributed by atoms with Crippen LogP contribution in [0.5, 0.6) is 0 Å². The topological polar surface area (TPSA) is 46.6 Å². The van der Waals surface area contributed by atoms with Crippen molar-refractivity contribution in [2.75, 3.05) is 20.2 Å². The van der Waals surface area contributed by atoms with Gasteiger partial charge in [-0.2, -0.15) is 0 Å². The van der Waals surface area contributed by atoms with Gasteiger partial charge in [0.15, 0.2) is 0 Å². The summed E-state index contributed by atoms with van der Waals surface area (Å²) in [4.78, 5) is 26.4. The van der Waals surface area contributed by atoms with Gasteiger partial charge in [-0.1, -0.05) is 0 Å². The molecule has 20 heavy (non-hydrogen) atoms. The molecule has 6 heteroatoms. The summed E-state index contributed by atoms with van der Waals surface area (Å²) in [6, 6.07) is 3.90. The van der Waals surface area contributed by atoms with Crippen LogP contribution in [0.1, 0.15) is 17.7 Å². The number of methoxy groups -OCH3 is 1. The number of carbonyl (C=O) groups is 2. The Morgan fingerprint density at radius 1 is 1.50 bits per heavy atom. The number of rotatable bonds is 3. The van der Waals surface area contributed by atoms with Crippen molar-refractivity contribution in [2.24, 2.45) is 5.92 Å². The second-order valence-electron chi connectivity index (χ2n) is 4.62. The molecule has 0 bridgehead atoms. The normalized spacial score (nSPS) is 19.3. The van der Waals surface area contributed by atoms with Crippen molar-refractivity contribution in [2.45, 2.75) is 12.8 Å². The Bertz CT molecular complexity index is 526. The first-order valence-corrected chi connectivity index (χ1v) is 8.01. The lowest BCUT2D eigenvalue weighted by Crippen LogP contribution is -2.41. The molecule has 0 saturated carbocycles. The highest BCUT2D eigenvalue weighted by molar-refractivity contribution is 9.11. The summed E-state index contributed by atoms with van der Waals surface area (Å²) in [7, 11) is 1.39. The summed E-state index contributed by atoms with van der Waals surface area (Å²) in [5.41, 5.74) is 0. The van der Waals surface area contributed by atoms with Gasteiger partial charge in [0.25, 0.3) is 0 Å². The van der Waals surface area contributed by atoms with Crippen LogP contribution >= 0.6 is 27.3 Å². The Morgan fingerprint density at radius 2 is 2.30 bits per heavy atom. The predicted molar refractivity (Wildman–Crippen MR) is 82.4 cm³/mol. The molecular formula is C14H16BrNO3S. The van der Waals surface area contributed by atoms with Crippen LogP contribution in [0.3, 0.4) is 0 Å². The molecule has 0 radical (unpaired) electrons. The molecule has 2 rings (SSSR count). The van der Waals surface area contributed by atoms with E-state index < -0.39 is 0 Å². The van der Waals surface area contributed by atoms with Gasteiger partial charge in [-0.25, -0.2) is 0 Å².